The van der Waals surface area contributed by atoms with Crippen molar-refractivity contribution in [1.29, 1.82) is 0 Å². The van der Waals surface area contributed by atoms with Crippen molar-refractivity contribution < 1.29 is 4.74 Å². The van der Waals surface area contributed by atoms with Crippen molar-refractivity contribution in [3.05, 3.63) is 48.7 Å². The number of ether oxygens (including phenoxy) is 1. The van der Waals surface area contributed by atoms with Crippen LogP contribution in [0.4, 0.5) is 11.6 Å². The molecule has 0 bridgehead atoms. The van der Waals surface area contributed by atoms with Crippen molar-refractivity contribution >= 4 is 17.2 Å². The molecule has 0 spiro atoms. The molecule has 5 heterocycles. The van der Waals surface area contributed by atoms with E-state index < -0.39 is 0 Å². The standard InChI is InChI=1S/C23H28N8O/c1-15(2)23-24-8-5-20(27-23)26-21-12-17-11-16(6-10-31(17)28-21)22-19(13-25-30(22)4)32-18-7-9-29(3)14-18/h5-6,8,10-13,15,18H,7,9,14H2,1-4H3,(H,24,26,27,28)/t18-/m0/s1. The van der Waals surface area contributed by atoms with Gasteiger partial charge >= 0.3 is 0 Å². The highest BCUT2D eigenvalue weighted by atomic mass is 16.5. The van der Waals surface area contributed by atoms with Gasteiger partial charge in [-0.15, -0.1) is 0 Å². The molecule has 0 saturated carbocycles. The van der Waals surface area contributed by atoms with E-state index in [0.717, 1.165) is 59.5 Å². The third kappa shape index (κ3) is 4.03. The molecule has 1 aliphatic rings. The molecular weight excluding hydrogens is 404 g/mol. The Labute approximate surface area is 187 Å². The number of hydrogen-bond acceptors (Lipinski definition) is 7. The minimum atomic E-state index is 0.195. The SMILES string of the molecule is CC(C)c1nccc(Nc2cc3cc(-c4c(O[C@H]5CCN(C)C5)cnn4C)ccn3n2)n1. The third-order valence-electron chi connectivity index (χ3n) is 5.73. The van der Waals surface area contributed by atoms with Crippen LogP contribution in [0, 0.1) is 0 Å². The molecular formula is C23H28N8O. The van der Waals surface area contributed by atoms with Crippen molar-refractivity contribution in [2.75, 3.05) is 25.5 Å². The first-order valence-electron chi connectivity index (χ1n) is 10.9. The van der Waals surface area contributed by atoms with Gasteiger partial charge < -0.3 is 15.0 Å². The summed E-state index contributed by atoms with van der Waals surface area (Å²) in [5.74, 6) is 3.35. The van der Waals surface area contributed by atoms with Crippen molar-refractivity contribution in [2.24, 2.45) is 7.05 Å². The molecule has 4 aromatic heterocycles. The average molecular weight is 433 g/mol. The lowest BCUT2D eigenvalue weighted by molar-refractivity contribution is 0.209. The zero-order valence-corrected chi connectivity index (χ0v) is 18.9. The minimum Gasteiger partial charge on any atom is -0.485 e. The molecule has 0 radical (unpaired) electrons. The first-order chi connectivity index (χ1) is 15.5. The molecule has 9 heteroatoms. The highest BCUT2D eigenvalue weighted by molar-refractivity contribution is 5.72. The number of hydrogen-bond donors (Lipinski definition) is 1. The quantitative estimate of drug-likeness (QED) is 0.499. The second-order valence-corrected chi connectivity index (χ2v) is 8.67. The molecule has 1 saturated heterocycles. The normalized spacial score (nSPS) is 16.8. The Balaban J connectivity index is 1.41. The maximum absolute atomic E-state index is 6.30. The lowest BCUT2D eigenvalue weighted by Gasteiger charge is -2.14. The van der Waals surface area contributed by atoms with Crippen molar-refractivity contribution in [3.63, 3.8) is 0 Å². The van der Waals surface area contributed by atoms with Crippen LogP contribution in [-0.2, 0) is 7.05 Å². The Morgan fingerprint density at radius 1 is 1.16 bits per heavy atom. The summed E-state index contributed by atoms with van der Waals surface area (Å²) in [6.07, 6.45) is 6.76. The van der Waals surface area contributed by atoms with Crippen LogP contribution < -0.4 is 10.1 Å². The van der Waals surface area contributed by atoms with Gasteiger partial charge in [0.1, 0.15) is 23.4 Å². The van der Waals surface area contributed by atoms with E-state index in [1.165, 1.54) is 0 Å². The topological polar surface area (TPSA) is 85.4 Å². The largest absolute Gasteiger partial charge is 0.485 e. The van der Waals surface area contributed by atoms with Gasteiger partial charge in [0.2, 0.25) is 0 Å². The number of fused-ring (bicyclic) bond motifs is 1. The Morgan fingerprint density at radius 2 is 2.03 bits per heavy atom. The van der Waals surface area contributed by atoms with Crippen LogP contribution in [-0.4, -0.2) is 60.5 Å². The van der Waals surface area contributed by atoms with Crippen LogP contribution in [0.2, 0.25) is 0 Å². The highest BCUT2D eigenvalue weighted by Gasteiger charge is 2.23. The summed E-state index contributed by atoms with van der Waals surface area (Å²) < 4.78 is 10.0. The lowest BCUT2D eigenvalue weighted by Crippen LogP contribution is -2.21. The lowest BCUT2D eigenvalue weighted by atomic mass is 10.1. The maximum Gasteiger partial charge on any atom is 0.165 e. The van der Waals surface area contributed by atoms with Crippen molar-refractivity contribution in [2.45, 2.75) is 32.3 Å². The number of likely N-dealkylation sites (N-methyl/N-ethyl adjacent to an activating group) is 1. The number of nitrogens with zero attached hydrogens (tertiary/aromatic N) is 7. The molecule has 9 nitrogen and oxygen atoms in total. The van der Waals surface area contributed by atoms with Gasteiger partial charge in [0.05, 0.1) is 11.7 Å². The Kier molecular flexibility index (Phi) is 5.26. The summed E-state index contributed by atoms with van der Waals surface area (Å²) in [5.41, 5.74) is 2.97. The number of aromatic nitrogens is 6. The molecule has 0 aromatic carbocycles. The van der Waals surface area contributed by atoms with E-state index in [2.05, 4.69) is 57.3 Å². The van der Waals surface area contributed by atoms with Gasteiger partial charge in [-0.1, -0.05) is 13.8 Å². The predicted octanol–water partition coefficient (Wildman–Crippen LogP) is 3.47. The monoisotopic (exact) mass is 432 g/mol. The van der Waals surface area contributed by atoms with Crippen LogP contribution in [0.1, 0.15) is 32.0 Å². The number of aryl methyl sites for hydroxylation is 1. The predicted molar refractivity (Wildman–Crippen MR) is 123 cm³/mol. The van der Waals surface area contributed by atoms with Crippen LogP contribution in [0.15, 0.2) is 42.9 Å². The first kappa shape index (κ1) is 20.4. The fourth-order valence-corrected chi connectivity index (χ4v) is 4.06. The summed E-state index contributed by atoms with van der Waals surface area (Å²) in [6.45, 7) is 6.15. The Bertz CT molecular complexity index is 1240. The second kappa shape index (κ2) is 8.23. The average Bonchev–Trinajstić information content (AvgIpc) is 3.46. The van der Waals surface area contributed by atoms with Gasteiger partial charge in [-0.05, 0) is 31.7 Å². The van der Waals surface area contributed by atoms with E-state index in [9.17, 15) is 0 Å². The van der Waals surface area contributed by atoms with Crippen LogP contribution in [0.5, 0.6) is 5.75 Å². The summed E-state index contributed by atoms with van der Waals surface area (Å²) >= 11 is 0. The second-order valence-electron chi connectivity index (χ2n) is 8.67. The molecule has 166 valence electrons. The number of anilines is 2. The molecule has 32 heavy (non-hydrogen) atoms. The van der Waals surface area contributed by atoms with Crippen LogP contribution in [0.3, 0.4) is 0 Å². The van der Waals surface area contributed by atoms with Gasteiger partial charge in [0.25, 0.3) is 0 Å². The number of pyridine rings is 1. The minimum absolute atomic E-state index is 0.195. The van der Waals surface area contributed by atoms with E-state index in [4.69, 9.17) is 4.74 Å². The summed E-state index contributed by atoms with van der Waals surface area (Å²) in [7, 11) is 4.07. The van der Waals surface area contributed by atoms with Gasteiger partial charge in [-0.2, -0.15) is 10.2 Å². The van der Waals surface area contributed by atoms with Crippen molar-refractivity contribution in [3.8, 4) is 17.0 Å². The van der Waals surface area contributed by atoms with Gasteiger partial charge in [-0.3, -0.25) is 4.68 Å². The summed E-state index contributed by atoms with van der Waals surface area (Å²) in [5, 5.41) is 12.4. The highest BCUT2D eigenvalue weighted by Crippen LogP contribution is 2.32. The molecule has 5 rings (SSSR count). The molecule has 1 fully saturated rings. The van der Waals surface area contributed by atoms with Crippen LogP contribution >= 0.6 is 0 Å². The molecule has 0 amide bonds. The first-order valence-corrected chi connectivity index (χ1v) is 10.9. The fourth-order valence-electron chi connectivity index (χ4n) is 4.06. The molecule has 1 aliphatic heterocycles. The number of nitrogens with one attached hydrogen (secondary N) is 1. The Morgan fingerprint density at radius 3 is 2.81 bits per heavy atom. The van der Waals surface area contributed by atoms with Gasteiger partial charge in [-0.25, -0.2) is 14.5 Å². The fraction of sp³-hybridized carbons (Fsp3) is 0.391. The van der Waals surface area contributed by atoms with Gasteiger partial charge in [0, 0.05) is 50.1 Å². The smallest absolute Gasteiger partial charge is 0.165 e. The summed E-state index contributed by atoms with van der Waals surface area (Å²) in [6, 6.07) is 7.99. The van der Waals surface area contributed by atoms with E-state index >= 15 is 0 Å². The zero-order chi connectivity index (χ0) is 22.2. The number of likely N-dealkylation sites (tertiary alicyclic amines) is 1. The number of rotatable bonds is 6. The molecule has 1 atom stereocenters. The van der Waals surface area contributed by atoms with E-state index in [1.807, 2.05) is 46.8 Å². The molecule has 4 aromatic rings. The van der Waals surface area contributed by atoms with Crippen LogP contribution in [0.25, 0.3) is 16.8 Å². The molecule has 0 unspecified atom stereocenters. The van der Waals surface area contributed by atoms with E-state index in [0.29, 0.717) is 0 Å². The zero-order valence-electron chi connectivity index (χ0n) is 18.9. The molecule has 1 N–H and O–H groups in total. The Hall–Kier alpha value is -3.46. The van der Waals surface area contributed by atoms with Crippen molar-refractivity contribution in [1.82, 2.24) is 34.3 Å². The van der Waals surface area contributed by atoms with E-state index in [1.54, 1.807) is 6.20 Å². The van der Waals surface area contributed by atoms with E-state index in [-0.39, 0.29) is 12.0 Å². The van der Waals surface area contributed by atoms with Gasteiger partial charge in [0.15, 0.2) is 11.6 Å². The molecule has 0 aliphatic carbocycles. The summed E-state index contributed by atoms with van der Waals surface area (Å²) in [4.78, 5) is 11.2. The third-order valence-corrected chi connectivity index (χ3v) is 5.73. The maximum atomic E-state index is 6.30.